The van der Waals surface area contributed by atoms with Crippen LogP contribution >= 0.6 is 0 Å². The zero-order chi connectivity index (χ0) is 17.9. The van der Waals surface area contributed by atoms with E-state index < -0.39 is 5.91 Å². The predicted octanol–water partition coefficient (Wildman–Crippen LogP) is 3.42. The maximum atomic E-state index is 11.5. The molecule has 0 radical (unpaired) electrons. The van der Waals surface area contributed by atoms with Gasteiger partial charge < -0.3 is 4.90 Å². The number of carbonyl (C=O) groups excluding carboxylic acids is 1. The third-order valence-electron chi connectivity index (χ3n) is 4.25. The van der Waals surface area contributed by atoms with Gasteiger partial charge >= 0.3 is 0 Å². The van der Waals surface area contributed by atoms with Gasteiger partial charge in [0.1, 0.15) is 5.82 Å². The molecule has 0 unspecified atom stereocenters. The monoisotopic (exact) mass is 344 g/mol. The van der Waals surface area contributed by atoms with E-state index in [0.29, 0.717) is 12.1 Å². The molecule has 0 fully saturated rings. The normalized spacial score (nSPS) is 12.1. The quantitative estimate of drug-likeness (QED) is 0.562. The van der Waals surface area contributed by atoms with Gasteiger partial charge in [-0.05, 0) is 35.9 Å². The Morgan fingerprint density at radius 3 is 2.62 bits per heavy atom. The minimum atomic E-state index is -0.583. The molecule has 0 saturated carbocycles. The summed E-state index contributed by atoms with van der Waals surface area (Å²) in [7, 11) is 0. The lowest BCUT2D eigenvalue weighted by atomic mass is 10.1. The fourth-order valence-corrected chi connectivity index (χ4v) is 2.97. The molecule has 3 heterocycles. The second-order valence-electron chi connectivity index (χ2n) is 5.87. The molecule has 0 atom stereocenters. The van der Waals surface area contributed by atoms with E-state index in [9.17, 15) is 4.79 Å². The fraction of sp³-hybridized carbons (Fsp3) is 0.0500. The van der Waals surface area contributed by atoms with Crippen LogP contribution in [0.15, 0.2) is 60.9 Å². The summed E-state index contributed by atoms with van der Waals surface area (Å²) in [6, 6.07) is 15.5. The molecular formula is C20H16N4O2. The van der Waals surface area contributed by atoms with Crippen molar-refractivity contribution in [2.24, 2.45) is 0 Å². The summed E-state index contributed by atoms with van der Waals surface area (Å²) in [6.45, 7) is 0.504. The average Bonchev–Trinajstić information content (AvgIpc) is 2.86. The van der Waals surface area contributed by atoms with E-state index in [2.05, 4.69) is 39.2 Å². The molecule has 1 aliphatic rings. The summed E-state index contributed by atoms with van der Waals surface area (Å²) in [4.78, 5) is 22.5. The van der Waals surface area contributed by atoms with E-state index in [1.54, 1.807) is 23.8 Å². The number of carbonyl (C=O) groups is 1. The number of hydroxylamine groups is 1. The van der Waals surface area contributed by atoms with Crippen molar-refractivity contribution in [2.45, 2.75) is 6.54 Å². The maximum absolute atomic E-state index is 11.5. The van der Waals surface area contributed by atoms with Crippen molar-refractivity contribution in [3.05, 3.63) is 83.3 Å². The van der Waals surface area contributed by atoms with E-state index in [1.165, 1.54) is 6.20 Å². The Morgan fingerprint density at radius 1 is 1.00 bits per heavy atom. The molecule has 26 heavy (non-hydrogen) atoms. The van der Waals surface area contributed by atoms with Gasteiger partial charge in [-0.1, -0.05) is 30.4 Å². The van der Waals surface area contributed by atoms with E-state index in [-0.39, 0.29) is 0 Å². The largest absolute Gasteiger partial charge is 0.319 e. The summed E-state index contributed by atoms with van der Waals surface area (Å²) in [5, 5.41) is 8.72. The first kappa shape index (κ1) is 16.0. The Hall–Kier alpha value is -3.51. The van der Waals surface area contributed by atoms with Crippen LogP contribution in [0.1, 0.15) is 27.2 Å². The van der Waals surface area contributed by atoms with Gasteiger partial charge in [0, 0.05) is 18.0 Å². The molecule has 3 aromatic rings. The third kappa shape index (κ3) is 2.94. The van der Waals surface area contributed by atoms with E-state index in [1.807, 2.05) is 24.3 Å². The molecule has 6 nitrogen and oxygen atoms in total. The number of amides is 1. The molecule has 6 heteroatoms. The molecule has 1 aliphatic heterocycles. The van der Waals surface area contributed by atoms with Gasteiger partial charge in [-0.25, -0.2) is 10.5 Å². The van der Waals surface area contributed by atoms with Crippen LogP contribution in [-0.4, -0.2) is 21.1 Å². The lowest BCUT2D eigenvalue weighted by Crippen LogP contribution is -2.21. The minimum absolute atomic E-state index is 0.299. The molecule has 0 saturated heterocycles. The van der Waals surface area contributed by atoms with Crippen molar-refractivity contribution in [3.8, 4) is 0 Å². The number of benzene rings is 1. The number of fused-ring (bicyclic) bond motifs is 2. The summed E-state index contributed by atoms with van der Waals surface area (Å²) >= 11 is 0. The number of nitrogens with zero attached hydrogens (tertiary/aromatic N) is 3. The Morgan fingerprint density at radius 2 is 1.81 bits per heavy atom. The number of para-hydroxylation sites is 1. The van der Waals surface area contributed by atoms with E-state index >= 15 is 0 Å². The molecule has 2 N–H and O–H groups in total. The Labute approximate surface area is 150 Å². The van der Waals surface area contributed by atoms with Gasteiger partial charge in [0.05, 0.1) is 23.5 Å². The average molecular weight is 344 g/mol. The lowest BCUT2D eigenvalue weighted by Gasteiger charge is -2.25. The molecule has 1 aromatic carbocycles. The van der Waals surface area contributed by atoms with Crippen molar-refractivity contribution in [3.63, 3.8) is 0 Å². The number of hydrogen-bond donors (Lipinski definition) is 2. The highest BCUT2D eigenvalue weighted by atomic mass is 16.5. The summed E-state index contributed by atoms with van der Waals surface area (Å²) in [5.74, 6) is 0.271. The first-order valence-electron chi connectivity index (χ1n) is 8.15. The molecule has 4 rings (SSSR count). The van der Waals surface area contributed by atoms with E-state index in [4.69, 9.17) is 5.21 Å². The van der Waals surface area contributed by atoms with Crippen LogP contribution in [0, 0.1) is 0 Å². The molecule has 0 bridgehead atoms. The van der Waals surface area contributed by atoms with Crippen molar-refractivity contribution in [2.75, 3.05) is 4.90 Å². The third-order valence-corrected chi connectivity index (χ3v) is 4.25. The van der Waals surface area contributed by atoms with Gasteiger partial charge in [0.25, 0.3) is 5.91 Å². The topological polar surface area (TPSA) is 78.4 Å². The molecular weight excluding hydrogens is 328 g/mol. The van der Waals surface area contributed by atoms with Crippen LogP contribution < -0.4 is 10.4 Å². The SMILES string of the molecule is O=C(NO)c1ccc(CN2c3ccccc3C=Cc3cccnc32)nc1. The highest BCUT2D eigenvalue weighted by Gasteiger charge is 2.19. The van der Waals surface area contributed by atoms with Crippen molar-refractivity contribution < 1.29 is 10.0 Å². The van der Waals surface area contributed by atoms with Gasteiger partial charge in [-0.3, -0.25) is 15.0 Å². The highest BCUT2D eigenvalue weighted by molar-refractivity contribution is 5.93. The van der Waals surface area contributed by atoms with Crippen LogP contribution in [-0.2, 0) is 6.54 Å². The number of hydrogen-bond acceptors (Lipinski definition) is 5. The van der Waals surface area contributed by atoms with E-state index in [0.717, 1.165) is 28.3 Å². The molecule has 0 spiro atoms. The van der Waals surface area contributed by atoms with Gasteiger partial charge in [-0.2, -0.15) is 0 Å². The van der Waals surface area contributed by atoms with Crippen LogP contribution in [0.25, 0.3) is 12.2 Å². The number of nitrogens with one attached hydrogen (secondary N) is 1. The first-order chi connectivity index (χ1) is 12.8. The van der Waals surface area contributed by atoms with Crippen molar-refractivity contribution in [1.29, 1.82) is 0 Å². The summed E-state index contributed by atoms with van der Waals surface area (Å²) < 4.78 is 0. The second kappa shape index (κ2) is 6.78. The summed E-state index contributed by atoms with van der Waals surface area (Å²) in [6.07, 6.45) is 7.36. The van der Waals surface area contributed by atoms with Gasteiger partial charge in [0.2, 0.25) is 0 Å². The van der Waals surface area contributed by atoms with Gasteiger partial charge in [0.15, 0.2) is 0 Å². The van der Waals surface area contributed by atoms with Crippen LogP contribution in [0.2, 0.25) is 0 Å². The van der Waals surface area contributed by atoms with Crippen molar-refractivity contribution in [1.82, 2.24) is 15.4 Å². The first-order valence-corrected chi connectivity index (χ1v) is 8.15. The Bertz CT molecular complexity index is 934. The Balaban J connectivity index is 1.74. The standard InChI is InChI=1S/C20H16N4O2/c25-20(23-26)16-9-10-17(22-12-16)13-24-18-6-2-1-4-14(18)7-8-15-5-3-11-21-19(15)24/h1-12,26H,13H2,(H,23,25). The highest BCUT2D eigenvalue weighted by Crippen LogP contribution is 2.35. The smallest absolute Gasteiger partial charge is 0.276 e. The fourth-order valence-electron chi connectivity index (χ4n) is 2.97. The molecule has 2 aromatic heterocycles. The molecule has 1 amide bonds. The zero-order valence-corrected chi connectivity index (χ0v) is 13.8. The van der Waals surface area contributed by atoms with Crippen molar-refractivity contribution >= 4 is 29.6 Å². The number of aromatic nitrogens is 2. The molecule has 0 aliphatic carbocycles. The number of pyridine rings is 2. The lowest BCUT2D eigenvalue weighted by molar-refractivity contribution is 0.0706. The Kier molecular flexibility index (Phi) is 4.17. The predicted molar refractivity (Wildman–Crippen MR) is 98.9 cm³/mol. The van der Waals surface area contributed by atoms with Crippen LogP contribution in [0.5, 0.6) is 0 Å². The number of anilines is 2. The molecule has 128 valence electrons. The van der Waals surface area contributed by atoms with Gasteiger partial charge in [-0.15, -0.1) is 0 Å². The second-order valence-corrected chi connectivity index (χ2v) is 5.87. The van der Waals surface area contributed by atoms with Crippen LogP contribution in [0.4, 0.5) is 11.5 Å². The van der Waals surface area contributed by atoms with Crippen LogP contribution in [0.3, 0.4) is 0 Å². The maximum Gasteiger partial charge on any atom is 0.276 e. The summed E-state index contributed by atoms with van der Waals surface area (Å²) in [5.41, 5.74) is 5.86. The minimum Gasteiger partial charge on any atom is -0.319 e. The number of rotatable bonds is 3. The zero-order valence-electron chi connectivity index (χ0n) is 13.8.